The molecule has 3 heteroatoms. The van der Waals surface area contributed by atoms with Gasteiger partial charge in [0.1, 0.15) is 0 Å². The van der Waals surface area contributed by atoms with Gasteiger partial charge in [-0.25, -0.2) is 0 Å². The van der Waals surface area contributed by atoms with Gasteiger partial charge in [0.2, 0.25) is 0 Å². The van der Waals surface area contributed by atoms with Gasteiger partial charge >= 0.3 is 0 Å². The molecular formula is C5H7N3. The maximum absolute atomic E-state index is 5.36. The minimum atomic E-state index is 0.664. The van der Waals surface area contributed by atoms with Gasteiger partial charge < -0.3 is 5.73 Å². The van der Waals surface area contributed by atoms with E-state index in [1.165, 1.54) is 6.20 Å². The number of anilines is 1. The lowest BCUT2D eigenvalue weighted by molar-refractivity contribution is 0.984. The van der Waals surface area contributed by atoms with Crippen LogP contribution in [0.5, 0.6) is 0 Å². The number of rotatable bonds is 0. The summed E-state index contributed by atoms with van der Waals surface area (Å²) in [7, 11) is 0. The molecule has 3 nitrogen and oxygen atoms in total. The molecule has 2 N–H and O–H groups in total. The molecule has 0 fully saturated rings. The van der Waals surface area contributed by atoms with Crippen molar-refractivity contribution >= 4 is 5.69 Å². The van der Waals surface area contributed by atoms with Crippen LogP contribution in [0, 0.1) is 6.92 Å². The number of nitrogens with zero attached hydrogens (tertiary/aromatic N) is 2. The number of nitrogens with two attached hydrogens (primary N) is 1. The van der Waals surface area contributed by atoms with Crippen LogP contribution < -0.4 is 5.73 Å². The van der Waals surface area contributed by atoms with Crippen LogP contribution in [0.2, 0.25) is 0 Å². The summed E-state index contributed by atoms with van der Waals surface area (Å²) in [5, 5.41) is 7.32. The van der Waals surface area contributed by atoms with Crippen LogP contribution in [0.4, 0.5) is 5.69 Å². The molecule has 0 unspecified atom stereocenters. The van der Waals surface area contributed by atoms with Gasteiger partial charge in [0, 0.05) is 0 Å². The monoisotopic (exact) mass is 109 g/mol. The fraction of sp³-hybridized carbons (Fsp3) is 0.200. The van der Waals surface area contributed by atoms with E-state index in [-0.39, 0.29) is 0 Å². The van der Waals surface area contributed by atoms with E-state index in [1.807, 2.05) is 6.92 Å². The van der Waals surface area contributed by atoms with E-state index in [1.54, 1.807) is 6.07 Å². The second kappa shape index (κ2) is 1.78. The van der Waals surface area contributed by atoms with Gasteiger partial charge in [-0.05, 0) is 13.0 Å². The Morgan fingerprint density at radius 3 is 2.75 bits per heavy atom. The molecule has 0 aliphatic rings. The highest BCUT2D eigenvalue weighted by atomic mass is 15.1. The van der Waals surface area contributed by atoms with Gasteiger partial charge in [-0.1, -0.05) is 0 Å². The lowest BCUT2D eigenvalue weighted by atomic mass is 10.4. The molecule has 42 valence electrons. The van der Waals surface area contributed by atoms with Gasteiger partial charge in [0.15, 0.2) is 0 Å². The Morgan fingerprint density at radius 2 is 2.38 bits per heavy atom. The zero-order chi connectivity index (χ0) is 5.98. The van der Waals surface area contributed by atoms with Crippen LogP contribution >= 0.6 is 0 Å². The van der Waals surface area contributed by atoms with Crippen molar-refractivity contribution < 1.29 is 0 Å². The first-order valence-electron chi connectivity index (χ1n) is 2.34. The standard InChI is InChI=1S/C5H7N3/c1-4-2-5(6)3-7-8-4/h2-3H,1H3,(H2,6,8). The molecule has 0 saturated carbocycles. The second-order valence-corrected chi connectivity index (χ2v) is 1.63. The third-order valence-corrected chi connectivity index (χ3v) is 0.798. The molecule has 0 aromatic carbocycles. The predicted molar refractivity (Wildman–Crippen MR) is 31.2 cm³/mol. The Labute approximate surface area is 47.5 Å². The van der Waals surface area contributed by atoms with Crippen molar-refractivity contribution in [2.75, 3.05) is 5.73 Å². The third kappa shape index (κ3) is 0.932. The summed E-state index contributed by atoms with van der Waals surface area (Å²) in [6, 6.07) is 1.77. The van der Waals surface area contributed by atoms with Crippen LogP contribution in [-0.4, -0.2) is 10.2 Å². The first kappa shape index (κ1) is 5.03. The van der Waals surface area contributed by atoms with Gasteiger partial charge in [-0.3, -0.25) is 0 Å². The van der Waals surface area contributed by atoms with Gasteiger partial charge in [0.25, 0.3) is 0 Å². The Kier molecular flexibility index (Phi) is 1.12. The second-order valence-electron chi connectivity index (χ2n) is 1.63. The van der Waals surface area contributed by atoms with Crippen molar-refractivity contribution in [1.29, 1.82) is 0 Å². The average molecular weight is 109 g/mol. The molecule has 8 heavy (non-hydrogen) atoms. The first-order chi connectivity index (χ1) is 3.79. The first-order valence-corrected chi connectivity index (χ1v) is 2.34. The molecule has 1 rings (SSSR count). The Morgan fingerprint density at radius 1 is 1.62 bits per heavy atom. The Bertz CT molecular complexity index is 168. The van der Waals surface area contributed by atoms with E-state index in [2.05, 4.69) is 10.2 Å². The molecule has 0 aliphatic carbocycles. The van der Waals surface area contributed by atoms with E-state index in [4.69, 9.17) is 5.73 Å². The van der Waals surface area contributed by atoms with E-state index < -0.39 is 0 Å². The summed E-state index contributed by atoms with van der Waals surface area (Å²) in [4.78, 5) is 0. The fourth-order valence-electron chi connectivity index (χ4n) is 0.494. The highest BCUT2D eigenvalue weighted by molar-refractivity contribution is 5.33. The molecule has 0 bridgehead atoms. The Hall–Kier alpha value is -1.12. The predicted octanol–water partition coefficient (Wildman–Crippen LogP) is 0.367. The van der Waals surface area contributed by atoms with Crippen molar-refractivity contribution in [2.45, 2.75) is 6.92 Å². The molecular weight excluding hydrogens is 102 g/mol. The lowest BCUT2D eigenvalue weighted by Gasteiger charge is -1.88. The van der Waals surface area contributed by atoms with Crippen molar-refractivity contribution in [3.8, 4) is 0 Å². The largest absolute Gasteiger partial charge is 0.397 e. The summed E-state index contributed by atoms with van der Waals surface area (Å²) < 4.78 is 0. The zero-order valence-corrected chi connectivity index (χ0v) is 4.63. The average Bonchev–Trinajstić information content (AvgIpc) is 1.64. The van der Waals surface area contributed by atoms with Crippen molar-refractivity contribution in [3.63, 3.8) is 0 Å². The van der Waals surface area contributed by atoms with Crippen LogP contribution in [0.15, 0.2) is 12.3 Å². The van der Waals surface area contributed by atoms with Crippen molar-refractivity contribution in [1.82, 2.24) is 10.2 Å². The fourth-order valence-corrected chi connectivity index (χ4v) is 0.494. The summed E-state index contributed by atoms with van der Waals surface area (Å²) in [6.45, 7) is 1.85. The highest BCUT2D eigenvalue weighted by Crippen LogP contribution is 1.96. The van der Waals surface area contributed by atoms with E-state index in [0.717, 1.165) is 5.69 Å². The van der Waals surface area contributed by atoms with Gasteiger partial charge in [0.05, 0.1) is 17.6 Å². The summed E-state index contributed by atoms with van der Waals surface area (Å²) in [5.41, 5.74) is 6.87. The molecule has 0 atom stereocenters. The molecule has 1 aromatic rings. The Balaban J connectivity index is 3.08. The van der Waals surface area contributed by atoms with E-state index >= 15 is 0 Å². The van der Waals surface area contributed by atoms with Crippen LogP contribution in [-0.2, 0) is 0 Å². The number of nitrogen functional groups attached to an aromatic ring is 1. The highest BCUT2D eigenvalue weighted by Gasteiger charge is 1.84. The van der Waals surface area contributed by atoms with Crippen molar-refractivity contribution in [3.05, 3.63) is 18.0 Å². The zero-order valence-electron chi connectivity index (χ0n) is 4.63. The maximum Gasteiger partial charge on any atom is 0.0726 e. The molecule has 1 heterocycles. The summed E-state index contributed by atoms with van der Waals surface area (Å²) >= 11 is 0. The minimum Gasteiger partial charge on any atom is -0.397 e. The minimum absolute atomic E-state index is 0.664. The number of aromatic nitrogens is 2. The van der Waals surface area contributed by atoms with Crippen LogP contribution in [0.1, 0.15) is 5.69 Å². The number of hydrogen-bond acceptors (Lipinski definition) is 3. The quantitative estimate of drug-likeness (QED) is 0.523. The van der Waals surface area contributed by atoms with Gasteiger partial charge in [-0.2, -0.15) is 10.2 Å². The molecule has 0 aliphatic heterocycles. The van der Waals surface area contributed by atoms with E-state index in [0.29, 0.717) is 5.69 Å². The topological polar surface area (TPSA) is 51.8 Å². The molecule has 0 spiro atoms. The number of hydrogen-bond donors (Lipinski definition) is 1. The SMILES string of the molecule is Cc1cc(N)cnn1. The van der Waals surface area contributed by atoms with Crippen LogP contribution in [0.3, 0.4) is 0 Å². The van der Waals surface area contributed by atoms with Crippen LogP contribution in [0.25, 0.3) is 0 Å². The summed E-state index contributed by atoms with van der Waals surface area (Å²) in [6.07, 6.45) is 1.52. The molecule has 0 amide bonds. The maximum atomic E-state index is 5.36. The molecule has 1 aromatic heterocycles. The lowest BCUT2D eigenvalue weighted by Crippen LogP contribution is -1.90. The normalized spacial score (nSPS) is 9.12. The smallest absolute Gasteiger partial charge is 0.0726 e. The van der Waals surface area contributed by atoms with E-state index in [9.17, 15) is 0 Å². The van der Waals surface area contributed by atoms with Crippen molar-refractivity contribution in [2.24, 2.45) is 0 Å². The third-order valence-electron chi connectivity index (χ3n) is 0.798. The summed E-state index contributed by atoms with van der Waals surface area (Å²) in [5.74, 6) is 0. The van der Waals surface area contributed by atoms with Gasteiger partial charge in [-0.15, -0.1) is 0 Å². The number of aryl methyl sites for hydroxylation is 1. The molecule has 0 saturated heterocycles. The molecule has 0 radical (unpaired) electrons.